The fourth-order valence-corrected chi connectivity index (χ4v) is 2.14. The molecule has 0 saturated heterocycles. The molecule has 3 heteroatoms. The van der Waals surface area contributed by atoms with Gasteiger partial charge >= 0.3 is 0 Å². The summed E-state index contributed by atoms with van der Waals surface area (Å²) in [5, 5.41) is 0. The molecule has 3 nitrogen and oxygen atoms in total. The van der Waals surface area contributed by atoms with E-state index in [1.54, 1.807) is 19.0 Å². The number of nitrogens with zero attached hydrogens (tertiary/aromatic N) is 1. The van der Waals surface area contributed by atoms with Gasteiger partial charge in [-0.2, -0.15) is 0 Å². The molecule has 0 heterocycles. The molecule has 1 amide bonds. The van der Waals surface area contributed by atoms with Crippen LogP contribution in [0.4, 0.5) is 0 Å². The average Bonchev–Trinajstić information content (AvgIpc) is 2.29. The van der Waals surface area contributed by atoms with E-state index in [1.165, 1.54) is 32.1 Å². The lowest BCUT2D eigenvalue weighted by atomic mass is 9.97. The molecule has 0 aromatic carbocycles. The minimum absolute atomic E-state index is 0.109. The summed E-state index contributed by atoms with van der Waals surface area (Å²) in [6, 6.07) is 0. The molecule has 1 aliphatic carbocycles. The second-order valence-corrected chi connectivity index (χ2v) is 4.92. The van der Waals surface area contributed by atoms with Crippen molar-refractivity contribution in [2.45, 2.75) is 64.1 Å². The first-order valence-electron chi connectivity index (χ1n) is 6.49. The highest BCUT2D eigenvalue weighted by Gasteiger charge is 2.20. The second-order valence-electron chi connectivity index (χ2n) is 4.92. The van der Waals surface area contributed by atoms with Gasteiger partial charge in [0.25, 0.3) is 0 Å². The summed E-state index contributed by atoms with van der Waals surface area (Å²) in [6.45, 7) is 2.09. The Morgan fingerprint density at radius 3 is 2.44 bits per heavy atom. The SMILES string of the molecule is CCC(CC(=O)N(C)C)OC1CCCCC1. The lowest BCUT2D eigenvalue weighted by Gasteiger charge is -2.27. The Labute approximate surface area is 99.1 Å². The number of carbonyl (C=O) groups excluding carboxylic acids is 1. The van der Waals surface area contributed by atoms with Gasteiger partial charge in [-0.1, -0.05) is 26.2 Å². The topological polar surface area (TPSA) is 29.5 Å². The monoisotopic (exact) mass is 227 g/mol. The van der Waals surface area contributed by atoms with Gasteiger partial charge in [0.2, 0.25) is 5.91 Å². The predicted octanol–water partition coefficient (Wildman–Crippen LogP) is 2.59. The van der Waals surface area contributed by atoms with Gasteiger partial charge in [-0.25, -0.2) is 0 Å². The van der Waals surface area contributed by atoms with Crippen molar-refractivity contribution in [2.75, 3.05) is 14.1 Å². The Balaban J connectivity index is 2.32. The van der Waals surface area contributed by atoms with Crippen LogP contribution in [0.3, 0.4) is 0 Å². The number of ether oxygens (including phenoxy) is 1. The van der Waals surface area contributed by atoms with Crippen molar-refractivity contribution in [3.63, 3.8) is 0 Å². The van der Waals surface area contributed by atoms with E-state index in [0.29, 0.717) is 12.5 Å². The van der Waals surface area contributed by atoms with Crippen molar-refractivity contribution in [1.29, 1.82) is 0 Å². The van der Waals surface area contributed by atoms with E-state index in [-0.39, 0.29) is 12.0 Å². The average molecular weight is 227 g/mol. The molecule has 1 saturated carbocycles. The van der Waals surface area contributed by atoms with Crippen molar-refractivity contribution in [1.82, 2.24) is 4.90 Å². The van der Waals surface area contributed by atoms with E-state index in [0.717, 1.165) is 6.42 Å². The van der Waals surface area contributed by atoms with E-state index >= 15 is 0 Å². The highest BCUT2D eigenvalue weighted by atomic mass is 16.5. The van der Waals surface area contributed by atoms with Crippen LogP contribution in [-0.4, -0.2) is 37.1 Å². The molecule has 1 atom stereocenters. The van der Waals surface area contributed by atoms with E-state index in [4.69, 9.17) is 4.74 Å². The molecule has 1 aliphatic rings. The van der Waals surface area contributed by atoms with Crippen molar-refractivity contribution in [3.05, 3.63) is 0 Å². The van der Waals surface area contributed by atoms with E-state index in [1.807, 2.05) is 0 Å². The Bertz CT molecular complexity index is 210. The van der Waals surface area contributed by atoms with Crippen LogP contribution in [0.5, 0.6) is 0 Å². The lowest BCUT2D eigenvalue weighted by molar-refractivity contribution is -0.133. The summed E-state index contributed by atoms with van der Waals surface area (Å²) < 4.78 is 6.01. The number of hydrogen-bond acceptors (Lipinski definition) is 2. The van der Waals surface area contributed by atoms with E-state index in [2.05, 4.69) is 6.92 Å². The first-order valence-corrected chi connectivity index (χ1v) is 6.49. The van der Waals surface area contributed by atoms with Crippen LogP contribution >= 0.6 is 0 Å². The molecule has 94 valence electrons. The molecule has 0 aromatic heterocycles. The van der Waals surface area contributed by atoms with Gasteiger partial charge in [-0.15, -0.1) is 0 Å². The maximum atomic E-state index is 11.6. The van der Waals surface area contributed by atoms with Gasteiger partial charge in [0.15, 0.2) is 0 Å². The van der Waals surface area contributed by atoms with Crippen molar-refractivity contribution in [2.24, 2.45) is 0 Å². The van der Waals surface area contributed by atoms with E-state index in [9.17, 15) is 4.79 Å². The van der Waals surface area contributed by atoms with Crippen LogP contribution in [0.1, 0.15) is 51.9 Å². The maximum absolute atomic E-state index is 11.6. The quantitative estimate of drug-likeness (QED) is 0.722. The first-order chi connectivity index (χ1) is 7.63. The molecule has 1 rings (SSSR count). The Morgan fingerprint density at radius 2 is 1.94 bits per heavy atom. The molecule has 0 N–H and O–H groups in total. The normalized spacial score (nSPS) is 19.4. The molecule has 0 aromatic rings. The predicted molar refractivity (Wildman–Crippen MR) is 65.3 cm³/mol. The summed E-state index contributed by atoms with van der Waals surface area (Å²) in [5.41, 5.74) is 0. The highest BCUT2D eigenvalue weighted by molar-refractivity contribution is 5.76. The zero-order valence-electron chi connectivity index (χ0n) is 10.9. The Morgan fingerprint density at radius 1 is 1.31 bits per heavy atom. The lowest BCUT2D eigenvalue weighted by Crippen LogP contribution is -2.30. The van der Waals surface area contributed by atoms with Gasteiger partial charge in [-0.05, 0) is 19.3 Å². The van der Waals surface area contributed by atoms with Crippen LogP contribution in [0.25, 0.3) is 0 Å². The van der Waals surface area contributed by atoms with Crippen LogP contribution in [-0.2, 0) is 9.53 Å². The molecule has 1 unspecified atom stereocenters. The van der Waals surface area contributed by atoms with Crippen molar-refractivity contribution in [3.8, 4) is 0 Å². The van der Waals surface area contributed by atoms with E-state index < -0.39 is 0 Å². The van der Waals surface area contributed by atoms with Gasteiger partial charge < -0.3 is 9.64 Å². The fraction of sp³-hybridized carbons (Fsp3) is 0.923. The van der Waals surface area contributed by atoms with Crippen LogP contribution in [0.15, 0.2) is 0 Å². The second kappa shape index (κ2) is 6.89. The molecule has 1 fully saturated rings. The number of rotatable bonds is 5. The Kier molecular flexibility index (Phi) is 5.81. The molecule has 0 aliphatic heterocycles. The number of hydrogen-bond donors (Lipinski definition) is 0. The van der Waals surface area contributed by atoms with Crippen LogP contribution in [0, 0.1) is 0 Å². The third-order valence-corrected chi connectivity index (χ3v) is 3.29. The van der Waals surface area contributed by atoms with Crippen LogP contribution in [0.2, 0.25) is 0 Å². The van der Waals surface area contributed by atoms with Crippen LogP contribution < -0.4 is 0 Å². The first kappa shape index (κ1) is 13.5. The zero-order valence-corrected chi connectivity index (χ0v) is 10.9. The summed E-state index contributed by atoms with van der Waals surface area (Å²) in [7, 11) is 3.60. The van der Waals surface area contributed by atoms with Crippen molar-refractivity contribution < 1.29 is 9.53 Å². The molecular weight excluding hydrogens is 202 g/mol. The Hall–Kier alpha value is -0.570. The zero-order chi connectivity index (χ0) is 12.0. The fourth-order valence-electron chi connectivity index (χ4n) is 2.14. The maximum Gasteiger partial charge on any atom is 0.224 e. The minimum Gasteiger partial charge on any atom is -0.374 e. The number of amides is 1. The summed E-state index contributed by atoms with van der Waals surface area (Å²) in [6.07, 6.45) is 8.21. The largest absolute Gasteiger partial charge is 0.374 e. The molecule has 0 bridgehead atoms. The molecule has 16 heavy (non-hydrogen) atoms. The van der Waals surface area contributed by atoms with Gasteiger partial charge in [0, 0.05) is 14.1 Å². The molecule has 0 spiro atoms. The third kappa shape index (κ3) is 4.52. The smallest absolute Gasteiger partial charge is 0.224 e. The standard InChI is InChI=1S/C13H25NO2/c1-4-11(10-13(15)14(2)3)16-12-8-6-5-7-9-12/h11-12H,4-10H2,1-3H3. The van der Waals surface area contributed by atoms with Gasteiger partial charge in [0.1, 0.15) is 0 Å². The summed E-state index contributed by atoms with van der Waals surface area (Å²) in [5.74, 6) is 0.169. The number of carbonyl (C=O) groups is 1. The van der Waals surface area contributed by atoms with Gasteiger partial charge in [-0.3, -0.25) is 4.79 Å². The van der Waals surface area contributed by atoms with Crippen molar-refractivity contribution >= 4 is 5.91 Å². The summed E-state index contributed by atoms with van der Waals surface area (Å²) >= 11 is 0. The van der Waals surface area contributed by atoms with Gasteiger partial charge in [0.05, 0.1) is 18.6 Å². The summed E-state index contributed by atoms with van der Waals surface area (Å²) in [4.78, 5) is 13.2. The minimum atomic E-state index is 0.109. The molecular formula is C13H25NO2. The third-order valence-electron chi connectivity index (χ3n) is 3.29. The highest BCUT2D eigenvalue weighted by Crippen LogP contribution is 2.23. The molecule has 0 radical (unpaired) electrons.